The molecular formula is C13H18N2O4. The van der Waals surface area contributed by atoms with Crippen molar-refractivity contribution in [3.05, 3.63) is 34.4 Å². The molecule has 6 nitrogen and oxygen atoms in total. The minimum Gasteiger partial charge on any atom is -0.443 e. The van der Waals surface area contributed by atoms with Gasteiger partial charge in [0.25, 0.3) is 5.69 Å². The van der Waals surface area contributed by atoms with Crippen LogP contribution in [0.15, 0.2) is 24.3 Å². The minimum absolute atomic E-state index is 0.116. The number of ether oxygens (including phenoxy) is 1. The summed E-state index contributed by atoms with van der Waals surface area (Å²) in [6.07, 6.45) is -0.593. The Kier molecular flexibility index (Phi) is 4.47. The first-order valence-electron chi connectivity index (χ1n) is 6.00. The van der Waals surface area contributed by atoms with Crippen LogP contribution in [0.5, 0.6) is 0 Å². The molecule has 104 valence electrons. The van der Waals surface area contributed by atoms with Gasteiger partial charge in [0, 0.05) is 12.6 Å². The Morgan fingerprint density at radius 2 is 1.95 bits per heavy atom. The molecule has 6 heteroatoms. The number of nitrogens with zero attached hydrogens (tertiary/aromatic N) is 2. The summed E-state index contributed by atoms with van der Waals surface area (Å²) >= 11 is 0. The minimum atomic E-state index is -0.645. The van der Waals surface area contributed by atoms with Crippen molar-refractivity contribution in [1.82, 2.24) is 0 Å². The van der Waals surface area contributed by atoms with E-state index in [0.717, 1.165) is 0 Å². The van der Waals surface area contributed by atoms with E-state index in [4.69, 9.17) is 4.74 Å². The zero-order chi connectivity index (χ0) is 14.6. The first-order valence-corrected chi connectivity index (χ1v) is 6.00. The number of anilines is 1. The molecule has 0 heterocycles. The average molecular weight is 266 g/mol. The van der Waals surface area contributed by atoms with Gasteiger partial charge in [-0.3, -0.25) is 15.0 Å². The van der Waals surface area contributed by atoms with E-state index in [-0.39, 0.29) is 11.4 Å². The summed E-state index contributed by atoms with van der Waals surface area (Å²) in [6, 6.07) is 6.11. The number of nitro groups is 1. The van der Waals surface area contributed by atoms with Gasteiger partial charge in [-0.05, 0) is 33.8 Å². The van der Waals surface area contributed by atoms with E-state index < -0.39 is 16.6 Å². The number of nitro benzene ring substituents is 1. The molecule has 0 aliphatic carbocycles. The maximum absolute atomic E-state index is 12.0. The Morgan fingerprint density at radius 3 is 2.42 bits per heavy atom. The van der Waals surface area contributed by atoms with Gasteiger partial charge >= 0.3 is 6.09 Å². The van der Waals surface area contributed by atoms with Crippen molar-refractivity contribution >= 4 is 17.5 Å². The van der Waals surface area contributed by atoms with Crippen molar-refractivity contribution < 1.29 is 14.5 Å². The van der Waals surface area contributed by atoms with E-state index in [1.807, 2.05) is 0 Å². The predicted molar refractivity (Wildman–Crippen MR) is 72.4 cm³/mol. The molecule has 0 unspecified atom stereocenters. The molecule has 1 aromatic rings. The second kappa shape index (κ2) is 5.69. The highest BCUT2D eigenvalue weighted by Gasteiger charge is 2.26. The summed E-state index contributed by atoms with van der Waals surface area (Å²) in [4.78, 5) is 23.8. The number of benzene rings is 1. The van der Waals surface area contributed by atoms with E-state index in [1.165, 1.54) is 17.0 Å². The molecule has 0 bridgehead atoms. The maximum Gasteiger partial charge on any atom is 0.415 e. The number of para-hydroxylation sites is 2. The Labute approximate surface area is 112 Å². The molecule has 0 aliphatic heterocycles. The Balaban J connectivity index is 3.10. The molecule has 0 aromatic heterocycles. The molecule has 0 atom stereocenters. The molecule has 0 fully saturated rings. The number of amides is 1. The molecule has 1 rings (SSSR count). The summed E-state index contributed by atoms with van der Waals surface area (Å²) < 4.78 is 5.24. The van der Waals surface area contributed by atoms with E-state index in [9.17, 15) is 14.9 Å². The SMILES string of the molecule is CCN(C(=O)OC(C)(C)C)c1ccccc1[N+](=O)[O-]. The third-order valence-electron chi connectivity index (χ3n) is 2.30. The summed E-state index contributed by atoms with van der Waals surface area (Å²) in [5.41, 5.74) is -0.520. The highest BCUT2D eigenvalue weighted by Crippen LogP contribution is 2.28. The first-order chi connectivity index (χ1) is 8.76. The largest absolute Gasteiger partial charge is 0.443 e. The Hall–Kier alpha value is -2.11. The van der Waals surface area contributed by atoms with Crippen LogP contribution in [0.25, 0.3) is 0 Å². The highest BCUT2D eigenvalue weighted by atomic mass is 16.6. The number of hydrogen-bond acceptors (Lipinski definition) is 4. The smallest absolute Gasteiger partial charge is 0.415 e. The summed E-state index contributed by atoms with van der Waals surface area (Å²) in [5.74, 6) is 0. The molecule has 0 saturated carbocycles. The van der Waals surface area contributed by atoms with Gasteiger partial charge in [0.15, 0.2) is 0 Å². The third kappa shape index (κ3) is 3.94. The van der Waals surface area contributed by atoms with Gasteiger partial charge in [-0.1, -0.05) is 12.1 Å². The number of carbonyl (C=O) groups excluding carboxylic acids is 1. The Bertz CT molecular complexity index is 480. The van der Waals surface area contributed by atoms with Crippen molar-refractivity contribution in [2.75, 3.05) is 11.4 Å². The molecule has 0 radical (unpaired) electrons. The molecule has 0 aliphatic rings. The van der Waals surface area contributed by atoms with Crippen molar-refractivity contribution in [3.8, 4) is 0 Å². The van der Waals surface area contributed by atoms with E-state index in [1.54, 1.807) is 39.8 Å². The van der Waals surface area contributed by atoms with Crippen molar-refractivity contribution in [2.45, 2.75) is 33.3 Å². The quantitative estimate of drug-likeness (QED) is 0.621. The zero-order valence-corrected chi connectivity index (χ0v) is 11.5. The van der Waals surface area contributed by atoms with Gasteiger partial charge in [0.1, 0.15) is 11.3 Å². The molecule has 0 spiro atoms. The van der Waals surface area contributed by atoms with Crippen molar-refractivity contribution in [1.29, 1.82) is 0 Å². The van der Waals surface area contributed by atoms with Gasteiger partial charge in [-0.2, -0.15) is 0 Å². The van der Waals surface area contributed by atoms with Gasteiger partial charge in [-0.25, -0.2) is 4.79 Å². The van der Waals surface area contributed by atoms with Crippen LogP contribution < -0.4 is 4.90 Å². The van der Waals surface area contributed by atoms with Gasteiger partial charge in [-0.15, -0.1) is 0 Å². The highest BCUT2D eigenvalue weighted by molar-refractivity contribution is 5.90. The third-order valence-corrected chi connectivity index (χ3v) is 2.30. The molecular weight excluding hydrogens is 248 g/mol. The normalized spacial score (nSPS) is 10.9. The van der Waals surface area contributed by atoms with Crippen LogP contribution in [0, 0.1) is 10.1 Å². The summed E-state index contributed by atoms with van der Waals surface area (Å²) in [6.45, 7) is 7.27. The average Bonchev–Trinajstić information content (AvgIpc) is 2.28. The summed E-state index contributed by atoms with van der Waals surface area (Å²) in [5, 5.41) is 11.0. The van der Waals surface area contributed by atoms with E-state index in [0.29, 0.717) is 6.54 Å². The fourth-order valence-electron chi connectivity index (χ4n) is 1.56. The lowest BCUT2D eigenvalue weighted by atomic mass is 10.2. The van der Waals surface area contributed by atoms with E-state index >= 15 is 0 Å². The van der Waals surface area contributed by atoms with Crippen LogP contribution in [0.1, 0.15) is 27.7 Å². The van der Waals surface area contributed by atoms with Crippen molar-refractivity contribution in [3.63, 3.8) is 0 Å². The van der Waals surface area contributed by atoms with Crippen LogP contribution in [-0.2, 0) is 4.74 Å². The lowest BCUT2D eigenvalue weighted by molar-refractivity contribution is -0.384. The molecule has 1 amide bonds. The maximum atomic E-state index is 12.0. The van der Waals surface area contributed by atoms with Gasteiger partial charge in [0.05, 0.1) is 4.92 Å². The van der Waals surface area contributed by atoms with Crippen LogP contribution in [0.4, 0.5) is 16.2 Å². The lowest BCUT2D eigenvalue weighted by Crippen LogP contribution is -2.37. The standard InChI is InChI=1S/C13H18N2O4/c1-5-14(12(16)19-13(2,3)4)10-8-6-7-9-11(10)15(17)18/h6-9H,5H2,1-4H3. The van der Waals surface area contributed by atoms with E-state index in [2.05, 4.69) is 0 Å². The fraction of sp³-hybridized carbons (Fsp3) is 0.462. The van der Waals surface area contributed by atoms with Gasteiger partial charge in [0.2, 0.25) is 0 Å². The van der Waals surface area contributed by atoms with Crippen molar-refractivity contribution in [2.24, 2.45) is 0 Å². The number of carbonyl (C=O) groups is 1. The van der Waals surface area contributed by atoms with Crippen LogP contribution in [0.3, 0.4) is 0 Å². The van der Waals surface area contributed by atoms with Crippen LogP contribution in [0.2, 0.25) is 0 Å². The number of hydrogen-bond donors (Lipinski definition) is 0. The molecule has 19 heavy (non-hydrogen) atoms. The van der Waals surface area contributed by atoms with Crippen LogP contribution in [-0.4, -0.2) is 23.2 Å². The van der Waals surface area contributed by atoms with Crippen LogP contribution >= 0.6 is 0 Å². The predicted octanol–water partition coefficient (Wildman–Crippen LogP) is 3.36. The second-order valence-corrected chi connectivity index (χ2v) is 4.97. The first kappa shape index (κ1) is 14.9. The summed E-state index contributed by atoms with van der Waals surface area (Å²) in [7, 11) is 0. The van der Waals surface area contributed by atoms with Gasteiger partial charge < -0.3 is 4.74 Å². The second-order valence-electron chi connectivity index (χ2n) is 4.97. The number of rotatable bonds is 3. The Morgan fingerprint density at radius 1 is 1.37 bits per heavy atom. The molecule has 1 aromatic carbocycles. The fourth-order valence-corrected chi connectivity index (χ4v) is 1.56. The zero-order valence-electron chi connectivity index (χ0n) is 11.5. The monoisotopic (exact) mass is 266 g/mol. The molecule has 0 N–H and O–H groups in total. The molecule has 0 saturated heterocycles. The lowest BCUT2D eigenvalue weighted by Gasteiger charge is -2.26. The topological polar surface area (TPSA) is 72.7 Å².